The molecule has 0 radical (unpaired) electrons. The second-order valence-corrected chi connectivity index (χ2v) is 3.22. The molecule has 5 nitrogen and oxygen atoms in total. The Balaban J connectivity index is 2.30. The van der Waals surface area contributed by atoms with Crippen LogP contribution >= 0.6 is 0 Å². The smallest absolute Gasteiger partial charge is 0.335 e. The van der Waals surface area contributed by atoms with E-state index in [0.29, 0.717) is 11.5 Å². The van der Waals surface area contributed by atoms with Gasteiger partial charge in [0.25, 0.3) is 0 Å². The number of aliphatic hydroxyl groups is 1. The van der Waals surface area contributed by atoms with E-state index in [1.807, 2.05) is 0 Å². The Hall–Kier alpha value is -2.14. The Morgan fingerprint density at radius 1 is 1.31 bits per heavy atom. The number of carboxylic acids is 1. The van der Waals surface area contributed by atoms with Gasteiger partial charge in [-0.25, -0.2) is 4.79 Å². The first kappa shape index (κ1) is 10.4. The van der Waals surface area contributed by atoms with Crippen molar-refractivity contribution in [3.8, 4) is 11.3 Å². The van der Waals surface area contributed by atoms with E-state index in [0.717, 1.165) is 5.56 Å². The van der Waals surface area contributed by atoms with E-state index in [2.05, 4.69) is 5.16 Å². The zero-order valence-electron chi connectivity index (χ0n) is 8.25. The van der Waals surface area contributed by atoms with Gasteiger partial charge in [-0.05, 0) is 12.1 Å². The maximum absolute atomic E-state index is 10.6. The molecule has 2 aromatic rings. The van der Waals surface area contributed by atoms with Gasteiger partial charge in [0, 0.05) is 11.6 Å². The van der Waals surface area contributed by atoms with Crippen LogP contribution in [0.15, 0.2) is 34.9 Å². The third-order valence-electron chi connectivity index (χ3n) is 2.14. The van der Waals surface area contributed by atoms with Crippen molar-refractivity contribution in [1.29, 1.82) is 0 Å². The lowest BCUT2D eigenvalue weighted by Gasteiger charge is -1.96. The molecule has 1 aromatic heterocycles. The number of hydrogen-bond donors (Lipinski definition) is 2. The molecule has 2 rings (SSSR count). The maximum Gasteiger partial charge on any atom is 0.335 e. The number of hydrogen-bond acceptors (Lipinski definition) is 4. The van der Waals surface area contributed by atoms with E-state index < -0.39 is 5.97 Å². The van der Waals surface area contributed by atoms with Gasteiger partial charge < -0.3 is 14.7 Å². The van der Waals surface area contributed by atoms with E-state index in [1.54, 1.807) is 18.2 Å². The highest BCUT2D eigenvalue weighted by atomic mass is 16.5. The van der Waals surface area contributed by atoms with E-state index >= 15 is 0 Å². The molecule has 82 valence electrons. The SMILES string of the molecule is O=C(O)c1ccc(-c2cc(CO)on2)cc1. The summed E-state index contributed by atoms with van der Waals surface area (Å²) in [6.07, 6.45) is 0. The molecule has 2 N–H and O–H groups in total. The largest absolute Gasteiger partial charge is 0.478 e. The van der Waals surface area contributed by atoms with Crippen molar-refractivity contribution in [3.05, 3.63) is 41.7 Å². The fourth-order valence-corrected chi connectivity index (χ4v) is 1.31. The molecule has 0 saturated heterocycles. The molecule has 0 atom stereocenters. The van der Waals surface area contributed by atoms with Gasteiger partial charge in [0.1, 0.15) is 12.3 Å². The number of aromatic nitrogens is 1. The highest BCUT2D eigenvalue weighted by Crippen LogP contribution is 2.19. The van der Waals surface area contributed by atoms with Crippen LogP contribution in [0.3, 0.4) is 0 Å². The lowest BCUT2D eigenvalue weighted by atomic mass is 10.1. The first-order chi connectivity index (χ1) is 7.70. The Bertz CT molecular complexity index is 501. The molecule has 0 saturated carbocycles. The van der Waals surface area contributed by atoms with Crippen molar-refractivity contribution in [2.75, 3.05) is 0 Å². The predicted octanol–water partition coefficient (Wildman–Crippen LogP) is 1.53. The van der Waals surface area contributed by atoms with Crippen molar-refractivity contribution >= 4 is 5.97 Å². The minimum absolute atomic E-state index is 0.208. The van der Waals surface area contributed by atoms with Gasteiger partial charge in [0.05, 0.1) is 5.56 Å². The Morgan fingerprint density at radius 3 is 2.50 bits per heavy atom. The summed E-state index contributed by atoms with van der Waals surface area (Å²) in [6, 6.07) is 7.87. The van der Waals surface area contributed by atoms with Gasteiger partial charge in [-0.1, -0.05) is 17.3 Å². The zero-order chi connectivity index (χ0) is 11.5. The molecule has 0 aliphatic rings. The molecule has 5 heteroatoms. The van der Waals surface area contributed by atoms with Gasteiger partial charge >= 0.3 is 5.97 Å². The number of benzene rings is 1. The first-order valence-electron chi connectivity index (χ1n) is 4.61. The Labute approximate surface area is 90.9 Å². The third kappa shape index (κ3) is 1.94. The van der Waals surface area contributed by atoms with Crippen LogP contribution < -0.4 is 0 Å². The molecule has 16 heavy (non-hydrogen) atoms. The van der Waals surface area contributed by atoms with Crippen molar-refractivity contribution in [3.63, 3.8) is 0 Å². The molecule has 0 amide bonds. The fraction of sp³-hybridized carbons (Fsp3) is 0.0909. The standard InChI is InChI=1S/C11H9NO4/c13-6-9-5-10(12-16-9)7-1-3-8(4-2-7)11(14)15/h1-5,13H,6H2,(H,14,15). The lowest BCUT2D eigenvalue weighted by Crippen LogP contribution is -1.94. The summed E-state index contributed by atoms with van der Waals surface area (Å²) in [5.74, 6) is -0.597. The highest BCUT2D eigenvalue weighted by Gasteiger charge is 2.07. The monoisotopic (exact) mass is 219 g/mol. The highest BCUT2D eigenvalue weighted by molar-refractivity contribution is 5.88. The van der Waals surface area contributed by atoms with Crippen molar-refractivity contribution in [2.24, 2.45) is 0 Å². The number of carboxylic acid groups (broad SMARTS) is 1. The van der Waals surface area contributed by atoms with E-state index in [4.69, 9.17) is 14.7 Å². The summed E-state index contributed by atoms with van der Waals surface area (Å²) in [5, 5.41) is 21.3. The van der Waals surface area contributed by atoms with Gasteiger partial charge in [0.15, 0.2) is 5.76 Å². The number of aromatic carboxylic acids is 1. The van der Waals surface area contributed by atoms with E-state index in [9.17, 15) is 4.79 Å². The summed E-state index contributed by atoms with van der Waals surface area (Å²) in [7, 11) is 0. The third-order valence-corrected chi connectivity index (χ3v) is 2.14. The molecule has 1 heterocycles. The summed E-state index contributed by atoms with van der Waals surface area (Å²) in [5.41, 5.74) is 1.53. The minimum Gasteiger partial charge on any atom is -0.478 e. The second kappa shape index (κ2) is 4.16. The summed E-state index contributed by atoms with van der Waals surface area (Å²) in [4.78, 5) is 10.6. The van der Waals surface area contributed by atoms with Crippen LogP contribution in [-0.4, -0.2) is 21.3 Å². The number of nitrogens with zero attached hydrogens (tertiary/aromatic N) is 1. The van der Waals surface area contributed by atoms with E-state index in [1.165, 1.54) is 12.1 Å². The molecule has 0 aliphatic carbocycles. The molecule has 0 bridgehead atoms. The fourth-order valence-electron chi connectivity index (χ4n) is 1.31. The molecule has 0 unspecified atom stereocenters. The van der Waals surface area contributed by atoms with Crippen LogP contribution in [0.2, 0.25) is 0 Å². The van der Waals surface area contributed by atoms with Crippen LogP contribution in [0.25, 0.3) is 11.3 Å². The Morgan fingerprint density at radius 2 is 2.00 bits per heavy atom. The molecule has 1 aromatic carbocycles. The summed E-state index contributed by atoms with van der Waals surface area (Å²) < 4.78 is 4.83. The van der Waals surface area contributed by atoms with Crippen molar-refractivity contribution in [2.45, 2.75) is 6.61 Å². The normalized spacial score (nSPS) is 10.3. The average Bonchev–Trinajstić information content (AvgIpc) is 2.77. The predicted molar refractivity (Wildman–Crippen MR) is 54.8 cm³/mol. The van der Waals surface area contributed by atoms with Crippen molar-refractivity contribution < 1.29 is 19.5 Å². The van der Waals surface area contributed by atoms with Crippen LogP contribution in [0.5, 0.6) is 0 Å². The number of carbonyl (C=O) groups is 1. The molecular weight excluding hydrogens is 210 g/mol. The van der Waals surface area contributed by atoms with E-state index in [-0.39, 0.29) is 12.2 Å². The Kier molecular flexibility index (Phi) is 2.70. The quantitative estimate of drug-likeness (QED) is 0.817. The summed E-state index contributed by atoms with van der Waals surface area (Å²) in [6.45, 7) is -0.208. The van der Waals surface area contributed by atoms with Crippen molar-refractivity contribution in [1.82, 2.24) is 5.16 Å². The second-order valence-electron chi connectivity index (χ2n) is 3.22. The van der Waals surface area contributed by atoms with Crippen LogP contribution in [-0.2, 0) is 6.61 Å². The lowest BCUT2D eigenvalue weighted by molar-refractivity contribution is 0.0697. The first-order valence-corrected chi connectivity index (χ1v) is 4.61. The molecule has 0 fully saturated rings. The van der Waals surface area contributed by atoms with Gasteiger partial charge in [-0.15, -0.1) is 0 Å². The molecule has 0 aliphatic heterocycles. The van der Waals surface area contributed by atoms with Gasteiger partial charge in [-0.2, -0.15) is 0 Å². The number of aliphatic hydroxyl groups excluding tert-OH is 1. The minimum atomic E-state index is -0.970. The molecular formula is C11H9NO4. The topological polar surface area (TPSA) is 83.6 Å². The maximum atomic E-state index is 10.6. The van der Waals surface area contributed by atoms with Crippen LogP contribution in [0.1, 0.15) is 16.1 Å². The van der Waals surface area contributed by atoms with Crippen LogP contribution in [0.4, 0.5) is 0 Å². The van der Waals surface area contributed by atoms with Crippen LogP contribution in [0, 0.1) is 0 Å². The average molecular weight is 219 g/mol. The van der Waals surface area contributed by atoms with Gasteiger partial charge in [0.2, 0.25) is 0 Å². The molecule has 0 spiro atoms. The summed E-state index contributed by atoms with van der Waals surface area (Å²) >= 11 is 0. The number of rotatable bonds is 3. The van der Waals surface area contributed by atoms with Gasteiger partial charge in [-0.3, -0.25) is 0 Å². The zero-order valence-corrected chi connectivity index (χ0v) is 8.25.